The summed E-state index contributed by atoms with van der Waals surface area (Å²) in [5.41, 5.74) is 2.38. The molecule has 0 fully saturated rings. The summed E-state index contributed by atoms with van der Waals surface area (Å²) in [4.78, 5) is 10.6. The Morgan fingerprint density at radius 3 is 2.24 bits per heavy atom. The number of hydrogen-bond acceptors (Lipinski definition) is 3. The highest BCUT2D eigenvalue weighted by molar-refractivity contribution is 14.1. The van der Waals surface area contributed by atoms with E-state index < -0.39 is 0 Å². The molecule has 0 saturated heterocycles. The lowest BCUT2D eigenvalue weighted by atomic mass is 10.2. The molecule has 88 valence electrons. The minimum atomic E-state index is 0.861. The summed E-state index contributed by atoms with van der Waals surface area (Å²) in [6.07, 6.45) is 1.60. The predicted molar refractivity (Wildman–Crippen MR) is 86.0 cm³/mol. The number of anilines is 1. The Labute approximate surface area is 128 Å². The highest BCUT2D eigenvalue weighted by atomic mass is 127. The Hall–Kier alpha value is -0.440. The van der Waals surface area contributed by atoms with Gasteiger partial charge in [-0.1, -0.05) is 30.3 Å². The van der Waals surface area contributed by atoms with E-state index in [2.05, 4.69) is 91.4 Å². The number of nitrogens with zero attached hydrogens (tertiary/aromatic N) is 3. The summed E-state index contributed by atoms with van der Waals surface area (Å²) in [5.74, 6) is 0. The van der Waals surface area contributed by atoms with Crippen LogP contribution in [0.25, 0.3) is 0 Å². The van der Waals surface area contributed by atoms with Gasteiger partial charge in [0.2, 0.25) is 0 Å². The Morgan fingerprint density at radius 2 is 1.65 bits per heavy atom. The van der Waals surface area contributed by atoms with E-state index in [9.17, 15) is 0 Å². The van der Waals surface area contributed by atoms with Crippen LogP contribution < -0.4 is 4.90 Å². The van der Waals surface area contributed by atoms with Crippen molar-refractivity contribution in [1.29, 1.82) is 0 Å². The van der Waals surface area contributed by atoms with Gasteiger partial charge in [-0.05, 0) is 50.7 Å². The Balaban J connectivity index is 2.23. The highest BCUT2D eigenvalue weighted by Crippen LogP contribution is 2.25. The van der Waals surface area contributed by atoms with E-state index in [1.165, 1.54) is 5.56 Å². The van der Waals surface area contributed by atoms with Crippen LogP contribution in [0.15, 0.2) is 36.7 Å². The van der Waals surface area contributed by atoms with Gasteiger partial charge < -0.3 is 4.90 Å². The molecule has 1 aromatic heterocycles. The molecule has 1 heterocycles. The van der Waals surface area contributed by atoms with E-state index in [1.54, 1.807) is 6.33 Å². The van der Waals surface area contributed by atoms with Crippen molar-refractivity contribution >= 4 is 50.9 Å². The fourth-order valence-electron chi connectivity index (χ4n) is 1.59. The molecule has 1 aromatic carbocycles. The van der Waals surface area contributed by atoms with E-state index in [0.717, 1.165) is 19.6 Å². The van der Waals surface area contributed by atoms with Crippen LogP contribution in [0.4, 0.5) is 5.69 Å². The molecular weight excluding hydrogens is 440 g/mol. The molecule has 0 aliphatic carbocycles. The summed E-state index contributed by atoms with van der Waals surface area (Å²) in [6, 6.07) is 10.4. The van der Waals surface area contributed by atoms with Crippen LogP contribution >= 0.6 is 45.2 Å². The Bertz CT molecular complexity index is 482. The van der Waals surface area contributed by atoms with Gasteiger partial charge in [0, 0.05) is 13.6 Å². The maximum absolute atomic E-state index is 4.23. The molecule has 0 aliphatic rings. The van der Waals surface area contributed by atoms with Crippen LogP contribution in [-0.4, -0.2) is 17.0 Å². The topological polar surface area (TPSA) is 29.0 Å². The van der Waals surface area contributed by atoms with Crippen LogP contribution in [0.5, 0.6) is 0 Å². The second-order valence-corrected chi connectivity index (χ2v) is 5.69. The summed E-state index contributed by atoms with van der Waals surface area (Å²) >= 11 is 4.49. The normalized spacial score (nSPS) is 10.3. The van der Waals surface area contributed by atoms with Crippen molar-refractivity contribution in [3.63, 3.8) is 0 Å². The third-order valence-corrected chi connectivity index (χ3v) is 3.96. The molecule has 0 bridgehead atoms. The molecule has 0 unspecified atom stereocenters. The second-order valence-electron chi connectivity index (χ2n) is 3.65. The lowest BCUT2D eigenvalue weighted by Gasteiger charge is -2.20. The van der Waals surface area contributed by atoms with Gasteiger partial charge in [-0.15, -0.1) is 0 Å². The minimum absolute atomic E-state index is 0.861. The van der Waals surface area contributed by atoms with Crippen molar-refractivity contribution in [2.75, 3.05) is 11.9 Å². The molecule has 0 spiro atoms. The molecule has 3 nitrogen and oxygen atoms in total. The average molecular weight is 451 g/mol. The van der Waals surface area contributed by atoms with Gasteiger partial charge >= 0.3 is 0 Å². The first kappa shape index (κ1) is 13.0. The molecule has 0 aliphatic heterocycles. The Kier molecular flexibility index (Phi) is 4.55. The van der Waals surface area contributed by atoms with Crippen LogP contribution in [0.1, 0.15) is 5.56 Å². The molecular formula is C12H11I2N3. The predicted octanol–water partition coefficient (Wildman–Crippen LogP) is 3.32. The molecule has 2 aromatic rings. The second kappa shape index (κ2) is 5.94. The van der Waals surface area contributed by atoms with Crippen molar-refractivity contribution in [3.05, 3.63) is 49.6 Å². The monoisotopic (exact) mass is 451 g/mol. The van der Waals surface area contributed by atoms with E-state index in [1.807, 2.05) is 6.07 Å². The SMILES string of the molecule is CN(Cc1ccccc1)c1c(I)ncnc1I. The van der Waals surface area contributed by atoms with Crippen molar-refractivity contribution in [1.82, 2.24) is 9.97 Å². The number of benzene rings is 1. The van der Waals surface area contributed by atoms with Crippen molar-refractivity contribution < 1.29 is 0 Å². The lowest BCUT2D eigenvalue weighted by molar-refractivity contribution is 0.894. The standard InChI is InChI=1S/C12H11I2N3/c1-17(7-9-5-3-2-4-6-9)10-11(13)15-8-16-12(10)14/h2-6,8H,7H2,1H3. The summed E-state index contributed by atoms with van der Waals surface area (Å²) in [7, 11) is 2.07. The van der Waals surface area contributed by atoms with Gasteiger partial charge in [-0.3, -0.25) is 0 Å². The van der Waals surface area contributed by atoms with Crippen molar-refractivity contribution in [2.24, 2.45) is 0 Å². The van der Waals surface area contributed by atoms with E-state index in [4.69, 9.17) is 0 Å². The van der Waals surface area contributed by atoms with Gasteiger partial charge in [-0.25, -0.2) is 9.97 Å². The van der Waals surface area contributed by atoms with E-state index in [0.29, 0.717) is 0 Å². The molecule has 0 N–H and O–H groups in total. The molecule has 0 saturated carbocycles. The zero-order chi connectivity index (χ0) is 12.3. The highest BCUT2D eigenvalue weighted by Gasteiger charge is 2.12. The molecule has 2 rings (SSSR count). The lowest BCUT2D eigenvalue weighted by Crippen LogP contribution is -2.19. The van der Waals surface area contributed by atoms with Gasteiger partial charge in [0.1, 0.15) is 19.4 Å². The first-order valence-corrected chi connectivity index (χ1v) is 7.25. The Morgan fingerprint density at radius 1 is 1.06 bits per heavy atom. The average Bonchev–Trinajstić information content (AvgIpc) is 2.30. The third kappa shape index (κ3) is 3.27. The summed E-state index contributed by atoms with van der Waals surface area (Å²) < 4.78 is 1.97. The molecule has 0 radical (unpaired) electrons. The molecule has 0 atom stereocenters. The number of hydrogen-bond donors (Lipinski definition) is 0. The first-order chi connectivity index (χ1) is 8.18. The molecule has 5 heteroatoms. The fourth-order valence-corrected chi connectivity index (χ4v) is 3.69. The third-order valence-electron chi connectivity index (χ3n) is 2.38. The molecule has 17 heavy (non-hydrogen) atoms. The number of rotatable bonds is 3. The first-order valence-electron chi connectivity index (χ1n) is 5.09. The zero-order valence-corrected chi connectivity index (χ0v) is 13.6. The van der Waals surface area contributed by atoms with Gasteiger partial charge in [0.25, 0.3) is 0 Å². The maximum atomic E-state index is 4.23. The largest absolute Gasteiger partial charge is 0.366 e. The van der Waals surface area contributed by atoms with Crippen LogP contribution in [0, 0.1) is 7.40 Å². The van der Waals surface area contributed by atoms with Crippen LogP contribution in [-0.2, 0) is 6.54 Å². The van der Waals surface area contributed by atoms with Crippen LogP contribution in [0.2, 0.25) is 0 Å². The number of halogens is 2. The van der Waals surface area contributed by atoms with Crippen molar-refractivity contribution in [2.45, 2.75) is 6.54 Å². The number of aromatic nitrogens is 2. The minimum Gasteiger partial charge on any atom is -0.366 e. The zero-order valence-electron chi connectivity index (χ0n) is 9.27. The van der Waals surface area contributed by atoms with Crippen molar-refractivity contribution in [3.8, 4) is 0 Å². The molecule has 0 amide bonds. The van der Waals surface area contributed by atoms with E-state index >= 15 is 0 Å². The van der Waals surface area contributed by atoms with Gasteiger partial charge in [0.05, 0.1) is 0 Å². The quantitative estimate of drug-likeness (QED) is 0.530. The summed E-state index contributed by atoms with van der Waals surface area (Å²) in [5, 5.41) is 0. The fraction of sp³-hybridized carbons (Fsp3) is 0.167. The summed E-state index contributed by atoms with van der Waals surface area (Å²) in [6.45, 7) is 0.861. The van der Waals surface area contributed by atoms with Gasteiger partial charge in [0.15, 0.2) is 0 Å². The maximum Gasteiger partial charge on any atom is 0.129 e. The van der Waals surface area contributed by atoms with Gasteiger partial charge in [-0.2, -0.15) is 0 Å². The smallest absolute Gasteiger partial charge is 0.129 e. The van der Waals surface area contributed by atoms with Crippen LogP contribution in [0.3, 0.4) is 0 Å². The van der Waals surface area contributed by atoms with E-state index in [-0.39, 0.29) is 0 Å².